The second-order valence-electron chi connectivity index (χ2n) is 3.82. The van der Waals surface area contributed by atoms with Crippen LogP contribution in [0.15, 0.2) is 29.2 Å². The SMILES string of the molecule is CCC(C(N)=S)S(=O)(=O)Nc1ccccc1SC(F)F. The minimum Gasteiger partial charge on any atom is -0.392 e. The average Bonchev–Trinajstić information content (AvgIpc) is 2.30. The normalized spacial score (nSPS) is 13.2. The maximum atomic E-state index is 12.4. The standard InChI is InChI=1S/C11H14F2N2O2S3/c1-2-9(10(14)18)20(16,17)15-7-5-3-4-6-8(7)19-11(12)13/h3-6,9,11,15H,2H2,1H3,(H2,14,18). The fourth-order valence-electron chi connectivity index (χ4n) is 1.55. The van der Waals surface area contributed by atoms with E-state index in [0.29, 0.717) is 0 Å². The number of benzene rings is 1. The summed E-state index contributed by atoms with van der Waals surface area (Å²) in [5.74, 6) is -2.64. The lowest BCUT2D eigenvalue weighted by Gasteiger charge is -2.17. The molecule has 0 bridgehead atoms. The number of nitrogens with two attached hydrogens (primary N) is 1. The van der Waals surface area contributed by atoms with Gasteiger partial charge in [-0.3, -0.25) is 4.72 Å². The highest BCUT2D eigenvalue weighted by Gasteiger charge is 2.27. The van der Waals surface area contributed by atoms with Crippen molar-refractivity contribution in [1.29, 1.82) is 0 Å². The third kappa shape index (κ3) is 4.57. The van der Waals surface area contributed by atoms with Crippen molar-refractivity contribution >= 4 is 44.7 Å². The summed E-state index contributed by atoms with van der Waals surface area (Å²) in [6.07, 6.45) is 0.203. The van der Waals surface area contributed by atoms with Gasteiger partial charge in [0.1, 0.15) is 5.25 Å². The van der Waals surface area contributed by atoms with Crippen LogP contribution >= 0.6 is 24.0 Å². The first-order valence-electron chi connectivity index (χ1n) is 5.62. The number of rotatable bonds is 7. The number of halogens is 2. The van der Waals surface area contributed by atoms with Crippen molar-refractivity contribution in [2.24, 2.45) is 5.73 Å². The fraction of sp³-hybridized carbons (Fsp3) is 0.364. The molecule has 0 heterocycles. The molecule has 0 aliphatic rings. The van der Waals surface area contributed by atoms with Crippen LogP contribution in [-0.2, 0) is 10.0 Å². The summed E-state index contributed by atoms with van der Waals surface area (Å²) in [7, 11) is -3.86. The molecule has 0 amide bonds. The van der Waals surface area contributed by atoms with E-state index >= 15 is 0 Å². The predicted octanol–water partition coefficient (Wildman–Crippen LogP) is 2.81. The van der Waals surface area contributed by atoms with Gasteiger partial charge < -0.3 is 5.73 Å². The van der Waals surface area contributed by atoms with E-state index in [-0.39, 0.29) is 33.8 Å². The predicted molar refractivity (Wildman–Crippen MR) is 81.7 cm³/mol. The molecule has 0 saturated heterocycles. The molecule has 0 aliphatic carbocycles. The Kier molecular flexibility index (Phi) is 6.15. The van der Waals surface area contributed by atoms with Crippen LogP contribution in [0.3, 0.4) is 0 Å². The third-order valence-corrected chi connectivity index (χ3v) is 5.48. The third-order valence-electron chi connectivity index (χ3n) is 2.42. The first-order valence-corrected chi connectivity index (χ1v) is 8.46. The van der Waals surface area contributed by atoms with Crippen LogP contribution in [0, 0.1) is 0 Å². The molecule has 1 rings (SSSR count). The number of hydrogen-bond acceptors (Lipinski definition) is 4. The Bertz CT molecular complexity index is 579. The Morgan fingerprint density at radius 1 is 1.45 bits per heavy atom. The Balaban J connectivity index is 3.06. The number of para-hydroxylation sites is 1. The van der Waals surface area contributed by atoms with Crippen LogP contribution in [0.1, 0.15) is 13.3 Å². The van der Waals surface area contributed by atoms with E-state index in [1.807, 2.05) is 0 Å². The second kappa shape index (κ2) is 7.19. The number of alkyl halides is 2. The average molecular weight is 340 g/mol. The topological polar surface area (TPSA) is 72.2 Å². The molecule has 1 atom stereocenters. The molecule has 1 unspecified atom stereocenters. The zero-order chi connectivity index (χ0) is 15.3. The van der Waals surface area contributed by atoms with Crippen LogP contribution < -0.4 is 10.5 Å². The molecule has 0 fully saturated rings. The van der Waals surface area contributed by atoms with E-state index in [4.69, 9.17) is 18.0 Å². The lowest BCUT2D eigenvalue weighted by atomic mass is 10.3. The largest absolute Gasteiger partial charge is 0.392 e. The van der Waals surface area contributed by atoms with Gasteiger partial charge in [-0.25, -0.2) is 8.42 Å². The van der Waals surface area contributed by atoms with Crippen LogP contribution in [0.25, 0.3) is 0 Å². The lowest BCUT2D eigenvalue weighted by Crippen LogP contribution is -2.37. The summed E-state index contributed by atoms with van der Waals surface area (Å²) in [4.78, 5) is -0.0112. The van der Waals surface area contributed by atoms with Gasteiger partial charge in [0.15, 0.2) is 0 Å². The Labute approximate surface area is 126 Å². The Morgan fingerprint density at radius 3 is 2.55 bits per heavy atom. The first kappa shape index (κ1) is 17.1. The van der Waals surface area contributed by atoms with E-state index in [2.05, 4.69) is 4.72 Å². The first-order chi connectivity index (χ1) is 9.27. The lowest BCUT2D eigenvalue weighted by molar-refractivity contribution is 0.252. The molecule has 20 heavy (non-hydrogen) atoms. The molecule has 3 N–H and O–H groups in total. The Morgan fingerprint density at radius 2 is 2.05 bits per heavy atom. The molecule has 0 aromatic heterocycles. The second-order valence-corrected chi connectivity index (χ2v) is 7.19. The molecule has 0 radical (unpaired) electrons. The Hall–Kier alpha value is -0.930. The smallest absolute Gasteiger partial charge is 0.288 e. The zero-order valence-corrected chi connectivity index (χ0v) is 13.0. The van der Waals surface area contributed by atoms with Gasteiger partial charge in [0.2, 0.25) is 10.0 Å². The molecule has 0 aliphatic heterocycles. The van der Waals surface area contributed by atoms with Crippen molar-refractivity contribution in [2.45, 2.75) is 29.2 Å². The van der Waals surface area contributed by atoms with Gasteiger partial charge in [-0.1, -0.05) is 43.0 Å². The number of sulfonamides is 1. The molecule has 9 heteroatoms. The zero-order valence-electron chi connectivity index (χ0n) is 10.5. The summed E-state index contributed by atoms with van der Waals surface area (Å²) in [5.41, 5.74) is 5.48. The fourth-order valence-corrected chi connectivity index (χ4v) is 4.13. The van der Waals surface area contributed by atoms with Gasteiger partial charge in [-0.15, -0.1) is 0 Å². The molecule has 1 aromatic carbocycles. The number of hydrogen-bond donors (Lipinski definition) is 2. The van der Waals surface area contributed by atoms with Crippen LogP contribution in [-0.4, -0.2) is 24.4 Å². The summed E-state index contributed by atoms with van der Waals surface area (Å²) in [6, 6.07) is 5.92. The van der Waals surface area contributed by atoms with Crippen molar-refractivity contribution in [3.05, 3.63) is 24.3 Å². The minimum absolute atomic E-state index is 0.0903. The van der Waals surface area contributed by atoms with Crippen LogP contribution in [0.4, 0.5) is 14.5 Å². The monoisotopic (exact) mass is 340 g/mol. The van der Waals surface area contributed by atoms with Crippen molar-refractivity contribution in [1.82, 2.24) is 0 Å². The van der Waals surface area contributed by atoms with E-state index < -0.39 is 21.0 Å². The number of nitrogens with one attached hydrogen (secondary N) is 1. The van der Waals surface area contributed by atoms with Gasteiger partial charge >= 0.3 is 0 Å². The maximum Gasteiger partial charge on any atom is 0.288 e. The van der Waals surface area contributed by atoms with Gasteiger partial charge in [-0.05, 0) is 18.6 Å². The molecule has 1 aromatic rings. The molecular formula is C11H14F2N2O2S3. The summed E-state index contributed by atoms with van der Waals surface area (Å²) < 4.78 is 51.4. The quantitative estimate of drug-likeness (QED) is 0.590. The number of thioether (sulfide) groups is 1. The number of anilines is 1. The van der Waals surface area contributed by atoms with Crippen molar-refractivity contribution in [2.75, 3.05) is 4.72 Å². The summed E-state index contributed by atoms with van der Waals surface area (Å²) in [5, 5.41) is -1.04. The highest BCUT2D eigenvalue weighted by atomic mass is 32.2. The van der Waals surface area contributed by atoms with E-state index in [9.17, 15) is 17.2 Å². The molecule has 112 valence electrons. The van der Waals surface area contributed by atoms with Gasteiger partial charge in [0, 0.05) is 4.90 Å². The van der Waals surface area contributed by atoms with E-state index in [1.54, 1.807) is 19.1 Å². The minimum atomic E-state index is -3.86. The van der Waals surface area contributed by atoms with Gasteiger partial charge in [0.05, 0.1) is 10.7 Å². The molecular weight excluding hydrogens is 326 g/mol. The van der Waals surface area contributed by atoms with Crippen LogP contribution in [0.2, 0.25) is 0 Å². The molecule has 0 saturated carbocycles. The van der Waals surface area contributed by atoms with Crippen molar-refractivity contribution < 1.29 is 17.2 Å². The maximum absolute atomic E-state index is 12.4. The highest BCUT2D eigenvalue weighted by molar-refractivity contribution is 8.00. The molecule has 0 spiro atoms. The van der Waals surface area contributed by atoms with E-state index in [1.165, 1.54) is 12.1 Å². The van der Waals surface area contributed by atoms with Crippen molar-refractivity contribution in [3.63, 3.8) is 0 Å². The van der Waals surface area contributed by atoms with Crippen LogP contribution in [0.5, 0.6) is 0 Å². The highest BCUT2D eigenvalue weighted by Crippen LogP contribution is 2.32. The number of thiocarbonyl (C=S) groups is 1. The summed E-state index contributed by atoms with van der Waals surface area (Å²) in [6.45, 7) is 1.63. The molecule has 4 nitrogen and oxygen atoms in total. The van der Waals surface area contributed by atoms with E-state index in [0.717, 1.165) is 0 Å². The summed E-state index contributed by atoms with van der Waals surface area (Å²) >= 11 is 4.99. The van der Waals surface area contributed by atoms with Crippen molar-refractivity contribution in [3.8, 4) is 0 Å². The van der Waals surface area contributed by atoms with Gasteiger partial charge in [0.25, 0.3) is 5.76 Å². The van der Waals surface area contributed by atoms with Gasteiger partial charge in [-0.2, -0.15) is 8.78 Å².